The van der Waals surface area contributed by atoms with Crippen molar-refractivity contribution >= 4 is 0 Å². The molecule has 0 aliphatic carbocycles. The first-order valence-electron chi connectivity index (χ1n) is 7.92. The quantitative estimate of drug-likeness (QED) is 0.893. The average Bonchev–Trinajstić information content (AvgIpc) is 2.89. The summed E-state index contributed by atoms with van der Waals surface area (Å²) in [6.07, 6.45) is 6.68. The first-order valence-corrected chi connectivity index (χ1v) is 7.92. The Morgan fingerprint density at radius 2 is 1.84 bits per heavy atom. The van der Waals surface area contributed by atoms with Crippen LogP contribution in [0.25, 0.3) is 0 Å². The van der Waals surface area contributed by atoms with Crippen LogP contribution in [-0.4, -0.2) is 30.1 Å². The van der Waals surface area contributed by atoms with Gasteiger partial charge in [0.1, 0.15) is 0 Å². The normalized spacial score (nSPS) is 27.4. The lowest BCUT2D eigenvalue weighted by Crippen LogP contribution is -2.44. The smallest absolute Gasteiger partial charge is 0.0249 e. The predicted octanol–water partition coefficient (Wildman–Crippen LogP) is 2.97. The molecule has 19 heavy (non-hydrogen) atoms. The van der Waals surface area contributed by atoms with E-state index in [4.69, 9.17) is 0 Å². The average molecular weight is 258 g/mol. The van der Waals surface area contributed by atoms with E-state index in [-0.39, 0.29) is 0 Å². The van der Waals surface area contributed by atoms with E-state index in [2.05, 4.69) is 41.4 Å². The molecule has 1 aromatic rings. The van der Waals surface area contributed by atoms with E-state index in [1.54, 1.807) is 0 Å². The molecule has 104 valence electrons. The molecule has 0 saturated carbocycles. The number of hydrogen-bond donors (Lipinski definition) is 1. The highest BCUT2D eigenvalue weighted by molar-refractivity contribution is 5.22. The molecule has 2 aliphatic rings. The third kappa shape index (κ3) is 3.01. The summed E-state index contributed by atoms with van der Waals surface area (Å²) >= 11 is 0. The van der Waals surface area contributed by atoms with Crippen molar-refractivity contribution in [3.05, 3.63) is 35.4 Å². The summed E-state index contributed by atoms with van der Waals surface area (Å²) in [5.74, 6) is 0. The van der Waals surface area contributed by atoms with Crippen LogP contribution in [0.15, 0.2) is 24.3 Å². The first kappa shape index (κ1) is 13.1. The summed E-state index contributed by atoms with van der Waals surface area (Å²) in [6.45, 7) is 5.87. The lowest BCUT2D eigenvalue weighted by atomic mass is 9.99. The van der Waals surface area contributed by atoms with E-state index < -0.39 is 0 Å². The lowest BCUT2D eigenvalue weighted by molar-refractivity contribution is 0.180. The van der Waals surface area contributed by atoms with Crippen molar-refractivity contribution < 1.29 is 0 Å². The Morgan fingerprint density at radius 3 is 2.63 bits per heavy atom. The fourth-order valence-electron chi connectivity index (χ4n) is 3.63. The van der Waals surface area contributed by atoms with Crippen LogP contribution in [0.1, 0.15) is 43.7 Å². The van der Waals surface area contributed by atoms with Crippen molar-refractivity contribution in [1.29, 1.82) is 0 Å². The third-order valence-corrected chi connectivity index (χ3v) is 4.86. The van der Waals surface area contributed by atoms with E-state index in [9.17, 15) is 0 Å². The van der Waals surface area contributed by atoms with Gasteiger partial charge in [-0.25, -0.2) is 0 Å². The molecule has 3 rings (SSSR count). The zero-order valence-corrected chi connectivity index (χ0v) is 12.1. The maximum absolute atomic E-state index is 3.79. The summed E-state index contributed by atoms with van der Waals surface area (Å²) in [5.41, 5.74) is 2.86. The summed E-state index contributed by atoms with van der Waals surface area (Å²) in [6, 6.07) is 10.6. The van der Waals surface area contributed by atoms with Gasteiger partial charge in [0.15, 0.2) is 0 Å². The highest BCUT2D eigenvalue weighted by Gasteiger charge is 2.34. The molecule has 2 heteroatoms. The fourth-order valence-corrected chi connectivity index (χ4v) is 3.63. The minimum atomic E-state index is 0.714. The van der Waals surface area contributed by atoms with Gasteiger partial charge in [0.25, 0.3) is 0 Å². The van der Waals surface area contributed by atoms with E-state index in [1.807, 2.05) is 0 Å². The van der Waals surface area contributed by atoms with E-state index >= 15 is 0 Å². The summed E-state index contributed by atoms with van der Waals surface area (Å²) in [4.78, 5) is 2.70. The molecule has 0 amide bonds. The Kier molecular flexibility index (Phi) is 4.19. The molecule has 2 saturated heterocycles. The first-order chi connectivity index (χ1) is 9.36. The maximum atomic E-state index is 3.79. The van der Waals surface area contributed by atoms with Crippen LogP contribution in [0.3, 0.4) is 0 Å². The van der Waals surface area contributed by atoms with Crippen LogP contribution in [0.4, 0.5) is 0 Å². The topological polar surface area (TPSA) is 15.3 Å². The largest absolute Gasteiger partial charge is 0.308 e. The van der Waals surface area contributed by atoms with E-state index in [1.165, 1.54) is 49.9 Å². The van der Waals surface area contributed by atoms with Gasteiger partial charge in [-0.05, 0) is 43.4 Å². The van der Waals surface area contributed by atoms with Crippen molar-refractivity contribution in [3.8, 4) is 0 Å². The number of hydrogen-bond acceptors (Lipinski definition) is 2. The van der Waals surface area contributed by atoms with Crippen molar-refractivity contribution in [2.45, 2.75) is 57.7 Å². The van der Waals surface area contributed by atoms with Crippen LogP contribution in [0.5, 0.6) is 0 Å². The Morgan fingerprint density at radius 1 is 1.05 bits per heavy atom. The van der Waals surface area contributed by atoms with Crippen molar-refractivity contribution in [2.75, 3.05) is 13.1 Å². The molecule has 2 nitrogen and oxygen atoms in total. The van der Waals surface area contributed by atoms with Gasteiger partial charge in [-0.15, -0.1) is 0 Å². The minimum Gasteiger partial charge on any atom is -0.308 e. The number of aryl methyl sites for hydroxylation is 1. The Balaban J connectivity index is 1.54. The van der Waals surface area contributed by atoms with Crippen molar-refractivity contribution in [1.82, 2.24) is 10.2 Å². The molecule has 1 N–H and O–H groups in total. The van der Waals surface area contributed by atoms with Gasteiger partial charge in [0.05, 0.1) is 0 Å². The standard InChI is InChI=1S/C17H26N2/c1-2-14-6-8-15(9-7-14)13-18-16-10-12-19-11-4-3-5-17(16)19/h6-9,16-18H,2-5,10-13H2,1H3. The summed E-state index contributed by atoms with van der Waals surface area (Å²) in [5, 5.41) is 3.79. The molecule has 0 bridgehead atoms. The molecule has 0 radical (unpaired) electrons. The molecule has 2 fully saturated rings. The molecule has 2 aliphatic heterocycles. The second kappa shape index (κ2) is 6.06. The summed E-state index contributed by atoms with van der Waals surface area (Å²) < 4.78 is 0. The third-order valence-electron chi connectivity index (χ3n) is 4.86. The monoisotopic (exact) mass is 258 g/mol. The zero-order chi connectivity index (χ0) is 13.1. The van der Waals surface area contributed by atoms with E-state index in [0.717, 1.165) is 19.0 Å². The zero-order valence-electron chi connectivity index (χ0n) is 12.1. The van der Waals surface area contributed by atoms with Gasteiger partial charge in [0.2, 0.25) is 0 Å². The molecule has 0 aromatic heterocycles. The van der Waals surface area contributed by atoms with Gasteiger partial charge < -0.3 is 5.32 Å². The molecule has 2 atom stereocenters. The molecule has 2 heterocycles. The number of nitrogens with one attached hydrogen (secondary N) is 1. The number of fused-ring (bicyclic) bond motifs is 1. The highest BCUT2D eigenvalue weighted by atomic mass is 15.2. The predicted molar refractivity (Wildman–Crippen MR) is 80.3 cm³/mol. The second-order valence-electron chi connectivity index (χ2n) is 6.05. The van der Waals surface area contributed by atoms with Gasteiger partial charge in [-0.2, -0.15) is 0 Å². The molecule has 2 unspecified atom stereocenters. The van der Waals surface area contributed by atoms with Crippen molar-refractivity contribution in [2.24, 2.45) is 0 Å². The fraction of sp³-hybridized carbons (Fsp3) is 0.647. The SMILES string of the molecule is CCc1ccc(CNC2CCN3CCCCC23)cc1. The second-order valence-corrected chi connectivity index (χ2v) is 6.05. The van der Waals surface area contributed by atoms with Crippen molar-refractivity contribution in [3.63, 3.8) is 0 Å². The summed E-state index contributed by atoms with van der Waals surface area (Å²) in [7, 11) is 0. The van der Waals surface area contributed by atoms with Gasteiger partial charge in [-0.3, -0.25) is 4.90 Å². The maximum Gasteiger partial charge on any atom is 0.0249 e. The molecule has 0 spiro atoms. The number of benzene rings is 1. The van der Waals surface area contributed by atoms with E-state index in [0.29, 0.717) is 6.04 Å². The van der Waals surface area contributed by atoms with Crippen LogP contribution >= 0.6 is 0 Å². The van der Waals surface area contributed by atoms with Crippen LogP contribution in [-0.2, 0) is 13.0 Å². The van der Waals surface area contributed by atoms with Gasteiger partial charge in [0, 0.05) is 25.2 Å². The lowest BCUT2D eigenvalue weighted by Gasteiger charge is -2.32. The number of rotatable bonds is 4. The Labute approximate surface area is 117 Å². The molecule has 1 aromatic carbocycles. The van der Waals surface area contributed by atoms with Crippen LogP contribution in [0.2, 0.25) is 0 Å². The number of piperidine rings is 1. The van der Waals surface area contributed by atoms with Crippen LogP contribution < -0.4 is 5.32 Å². The molecular formula is C17H26N2. The van der Waals surface area contributed by atoms with Gasteiger partial charge in [-0.1, -0.05) is 37.6 Å². The molecular weight excluding hydrogens is 232 g/mol. The highest BCUT2D eigenvalue weighted by Crippen LogP contribution is 2.27. The minimum absolute atomic E-state index is 0.714. The number of nitrogens with zero attached hydrogens (tertiary/aromatic N) is 1. The van der Waals surface area contributed by atoms with Gasteiger partial charge >= 0.3 is 0 Å². The Hall–Kier alpha value is -0.860. The van der Waals surface area contributed by atoms with Crippen LogP contribution in [0, 0.1) is 0 Å². The Bertz CT molecular complexity index is 398.